The fraction of sp³-hybridized carbons (Fsp3) is 0.500. The number of nitrogens with one attached hydrogen (secondary N) is 2. The molecule has 0 aromatic carbocycles. The molecule has 2 heterocycles. The molecule has 3 saturated carbocycles. The van der Waals surface area contributed by atoms with E-state index in [1.807, 2.05) is 12.1 Å². The standard InChI is InChI=1S/C20H26N6O2/c1-13(21)11-14(22)15-12-23-17-4-3-16(25-26(15)17)24-20-8-5-19(6-9-20,7-10-20)18(27)28-2/h3-4,11-12,22H,5-10,21H2,1-2H3,(H,24,25)/b13-11-,22-14?. The number of fused-ring (bicyclic) bond motifs is 4. The number of esters is 1. The van der Waals surface area contributed by atoms with Gasteiger partial charge < -0.3 is 15.8 Å². The maximum atomic E-state index is 12.2. The number of hydrogen-bond donors (Lipinski definition) is 3. The van der Waals surface area contributed by atoms with Crippen molar-refractivity contribution >= 4 is 23.1 Å². The second-order valence-electron chi connectivity index (χ2n) is 8.11. The minimum absolute atomic E-state index is 0.0432. The number of carbonyl (C=O) groups is 1. The van der Waals surface area contributed by atoms with Crippen LogP contribution in [0.2, 0.25) is 0 Å². The molecule has 2 aromatic heterocycles. The van der Waals surface area contributed by atoms with Crippen molar-refractivity contribution in [2.45, 2.75) is 51.0 Å². The maximum Gasteiger partial charge on any atom is 0.311 e. The molecule has 5 rings (SSSR count). The topological polar surface area (TPSA) is 118 Å². The number of nitrogens with zero attached hydrogens (tertiary/aromatic N) is 3. The lowest BCUT2D eigenvalue weighted by atomic mass is 9.57. The first-order valence-electron chi connectivity index (χ1n) is 9.61. The Labute approximate surface area is 163 Å². The molecule has 4 N–H and O–H groups in total. The van der Waals surface area contributed by atoms with Crippen LogP contribution in [0, 0.1) is 10.8 Å². The molecule has 8 nitrogen and oxygen atoms in total. The highest BCUT2D eigenvalue weighted by molar-refractivity contribution is 6.05. The second kappa shape index (κ2) is 6.61. The number of aromatic nitrogens is 3. The van der Waals surface area contributed by atoms with Gasteiger partial charge in [-0.1, -0.05) is 0 Å². The second-order valence-corrected chi connectivity index (χ2v) is 8.11. The predicted molar refractivity (Wildman–Crippen MR) is 106 cm³/mol. The van der Waals surface area contributed by atoms with Crippen LogP contribution in [-0.2, 0) is 9.53 Å². The minimum atomic E-state index is -0.297. The number of hydrogen-bond acceptors (Lipinski definition) is 7. The minimum Gasteiger partial charge on any atom is -0.469 e. The summed E-state index contributed by atoms with van der Waals surface area (Å²) in [6.45, 7) is 1.75. The first kappa shape index (κ1) is 18.5. The Bertz CT molecular complexity index is 948. The number of carbonyl (C=O) groups excluding carboxylic acids is 1. The highest BCUT2D eigenvalue weighted by atomic mass is 16.5. The Morgan fingerprint density at radius 2 is 1.96 bits per heavy atom. The molecule has 3 aliphatic rings. The van der Waals surface area contributed by atoms with E-state index in [2.05, 4.69) is 15.4 Å². The number of ether oxygens (including phenoxy) is 1. The lowest BCUT2D eigenvalue weighted by Gasteiger charge is -2.52. The molecular weight excluding hydrogens is 356 g/mol. The summed E-state index contributed by atoms with van der Waals surface area (Å²) in [6.07, 6.45) is 8.52. The Balaban J connectivity index is 1.57. The quantitative estimate of drug-likeness (QED) is 0.540. The summed E-state index contributed by atoms with van der Waals surface area (Å²) in [5.74, 6) is 0.686. The maximum absolute atomic E-state index is 12.2. The molecule has 0 atom stereocenters. The number of methoxy groups -OCH3 is 1. The van der Waals surface area contributed by atoms with Crippen molar-refractivity contribution in [3.05, 3.63) is 35.8 Å². The van der Waals surface area contributed by atoms with Gasteiger partial charge in [0.15, 0.2) is 5.65 Å². The van der Waals surface area contributed by atoms with Gasteiger partial charge in [0.05, 0.1) is 24.4 Å². The van der Waals surface area contributed by atoms with Gasteiger partial charge in [-0.15, -0.1) is 5.10 Å². The van der Waals surface area contributed by atoms with Crippen LogP contribution in [-0.4, -0.2) is 38.9 Å². The molecule has 3 fully saturated rings. The van der Waals surface area contributed by atoms with Crippen LogP contribution in [0.4, 0.5) is 5.82 Å². The van der Waals surface area contributed by atoms with E-state index in [0.29, 0.717) is 17.0 Å². The number of anilines is 1. The van der Waals surface area contributed by atoms with Crippen molar-refractivity contribution in [3.63, 3.8) is 0 Å². The molecule has 2 bridgehead atoms. The summed E-state index contributed by atoms with van der Waals surface area (Å²) < 4.78 is 6.72. The van der Waals surface area contributed by atoms with E-state index in [9.17, 15) is 4.79 Å². The van der Waals surface area contributed by atoms with Gasteiger partial charge in [-0.2, -0.15) is 0 Å². The van der Waals surface area contributed by atoms with Crippen LogP contribution in [0.5, 0.6) is 0 Å². The zero-order valence-corrected chi connectivity index (χ0v) is 16.3. The highest BCUT2D eigenvalue weighted by Gasteiger charge is 2.53. The fourth-order valence-corrected chi connectivity index (χ4v) is 4.59. The average molecular weight is 382 g/mol. The summed E-state index contributed by atoms with van der Waals surface area (Å²) in [6, 6.07) is 3.82. The molecule has 0 amide bonds. The molecule has 0 unspecified atom stereocenters. The first-order chi connectivity index (χ1) is 13.4. The van der Waals surface area contributed by atoms with Gasteiger partial charge in [0, 0.05) is 11.2 Å². The lowest BCUT2D eigenvalue weighted by molar-refractivity contribution is -0.159. The van der Waals surface area contributed by atoms with Crippen LogP contribution in [0.3, 0.4) is 0 Å². The van der Waals surface area contributed by atoms with Crippen LogP contribution in [0.15, 0.2) is 30.1 Å². The number of imidazole rings is 1. The Morgan fingerprint density at radius 1 is 1.29 bits per heavy atom. The largest absolute Gasteiger partial charge is 0.469 e. The molecule has 148 valence electrons. The Morgan fingerprint density at radius 3 is 2.57 bits per heavy atom. The van der Waals surface area contributed by atoms with Crippen molar-refractivity contribution in [2.75, 3.05) is 12.4 Å². The molecule has 0 saturated heterocycles. The summed E-state index contributed by atoms with van der Waals surface area (Å²) in [7, 11) is 1.48. The fourth-order valence-electron chi connectivity index (χ4n) is 4.59. The number of nitrogens with two attached hydrogens (primary N) is 1. The van der Waals surface area contributed by atoms with Crippen LogP contribution in [0.1, 0.15) is 51.1 Å². The van der Waals surface area contributed by atoms with Gasteiger partial charge in [-0.05, 0) is 63.7 Å². The van der Waals surface area contributed by atoms with E-state index < -0.39 is 0 Å². The van der Waals surface area contributed by atoms with E-state index >= 15 is 0 Å². The van der Waals surface area contributed by atoms with Gasteiger partial charge in [-0.3, -0.25) is 10.2 Å². The normalized spacial score (nSPS) is 27.0. The van der Waals surface area contributed by atoms with Crippen LogP contribution in [0.25, 0.3) is 5.65 Å². The van der Waals surface area contributed by atoms with Crippen LogP contribution < -0.4 is 11.1 Å². The molecule has 0 aliphatic heterocycles. The Kier molecular flexibility index (Phi) is 4.36. The van der Waals surface area contributed by atoms with E-state index in [1.54, 1.807) is 23.7 Å². The summed E-state index contributed by atoms with van der Waals surface area (Å²) >= 11 is 0. The van der Waals surface area contributed by atoms with Gasteiger partial charge >= 0.3 is 5.97 Å². The van der Waals surface area contributed by atoms with Crippen molar-refractivity contribution in [1.29, 1.82) is 5.41 Å². The van der Waals surface area contributed by atoms with Crippen LogP contribution >= 0.6 is 0 Å². The van der Waals surface area contributed by atoms with Crippen molar-refractivity contribution in [1.82, 2.24) is 14.6 Å². The van der Waals surface area contributed by atoms with Crippen molar-refractivity contribution in [2.24, 2.45) is 11.1 Å². The number of allylic oxidation sites excluding steroid dienone is 2. The summed E-state index contributed by atoms with van der Waals surface area (Å²) in [4.78, 5) is 16.5. The smallest absolute Gasteiger partial charge is 0.311 e. The lowest BCUT2D eigenvalue weighted by Crippen LogP contribution is -2.53. The third kappa shape index (κ3) is 3.02. The van der Waals surface area contributed by atoms with Gasteiger partial charge in [0.1, 0.15) is 11.5 Å². The Hall–Kier alpha value is -2.90. The van der Waals surface area contributed by atoms with E-state index in [-0.39, 0.29) is 22.6 Å². The SMILES string of the molecule is COC(=O)C12CCC(Nc3ccc4ncc(C(=N)/C=C(/C)N)n4n3)(CC1)CC2. The monoisotopic (exact) mass is 382 g/mol. The van der Waals surface area contributed by atoms with E-state index in [4.69, 9.17) is 15.9 Å². The number of rotatable bonds is 5. The molecule has 2 aromatic rings. The molecule has 0 radical (unpaired) electrons. The molecular formula is C20H26N6O2. The average Bonchev–Trinajstić information content (AvgIpc) is 3.11. The zero-order chi connectivity index (χ0) is 19.9. The molecule has 0 spiro atoms. The summed E-state index contributed by atoms with van der Waals surface area (Å²) in [5, 5.41) is 16.5. The van der Waals surface area contributed by atoms with E-state index in [1.165, 1.54) is 7.11 Å². The zero-order valence-electron chi connectivity index (χ0n) is 16.3. The van der Waals surface area contributed by atoms with Crippen molar-refractivity contribution < 1.29 is 9.53 Å². The van der Waals surface area contributed by atoms with Gasteiger partial charge in [0.25, 0.3) is 0 Å². The van der Waals surface area contributed by atoms with Gasteiger partial charge in [0.2, 0.25) is 0 Å². The third-order valence-corrected chi connectivity index (χ3v) is 6.27. The molecule has 3 aliphatic carbocycles. The third-order valence-electron chi connectivity index (χ3n) is 6.27. The van der Waals surface area contributed by atoms with Crippen molar-refractivity contribution in [3.8, 4) is 0 Å². The predicted octanol–water partition coefficient (Wildman–Crippen LogP) is 2.64. The first-order valence-corrected chi connectivity index (χ1v) is 9.61. The van der Waals surface area contributed by atoms with E-state index in [0.717, 1.165) is 44.3 Å². The molecule has 8 heteroatoms. The highest BCUT2D eigenvalue weighted by Crippen LogP contribution is 2.53. The molecule has 28 heavy (non-hydrogen) atoms. The summed E-state index contributed by atoms with van der Waals surface area (Å²) in [5.41, 5.74) is 7.48. The van der Waals surface area contributed by atoms with Gasteiger partial charge in [-0.25, -0.2) is 9.50 Å².